The Balaban J connectivity index is 1.71. The van der Waals surface area contributed by atoms with E-state index >= 15 is 0 Å². The highest BCUT2D eigenvalue weighted by Crippen LogP contribution is 2.24. The zero-order valence-electron chi connectivity index (χ0n) is 15.2. The smallest absolute Gasteiger partial charge is 0.241 e. The number of amides is 1. The summed E-state index contributed by atoms with van der Waals surface area (Å²) in [6.07, 6.45) is 1.21. The molecule has 3 N–H and O–H groups in total. The molecule has 1 atom stereocenters. The highest BCUT2D eigenvalue weighted by atomic mass is 32.2. The molecule has 142 valence electrons. The van der Waals surface area contributed by atoms with Gasteiger partial charge in [-0.05, 0) is 42.8 Å². The molecular formula is C19H22N4O3S. The maximum absolute atomic E-state index is 12.1. The number of para-hydroxylation sites is 2. The lowest BCUT2D eigenvalue weighted by Crippen LogP contribution is -2.37. The van der Waals surface area contributed by atoms with Crippen LogP contribution in [0.1, 0.15) is 6.42 Å². The molecule has 3 rings (SSSR count). The second-order valence-electron chi connectivity index (χ2n) is 6.57. The lowest BCUT2D eigenvalue weighted by atomic mass is 10.1. The van der Waals surface area contributed by atoms with E-state index in [1.807, 2.05) is 48.0 Å². The number of nitrogens with two attached hydrogens (primary N) is 1. The van der Waals surface area contributed by atoms with Crippen LogP contribution in [0.3, 0.4) is 0 Å². The zero-order valence-corrected chi connectivity index (χ0v) is 16.0. The third-order valence-corrected chi connectivity index (χ3v) is 5.31. The number of anilines is 1. The highest BCUT2D eigenvalue weighted by molar-refractivity contribution is 7.90. The molecule has 1 aromatic heterocycles. The fourth-order valence-corrected chi connectivity index (χ4v) is 3.50. The number of hydrogen-bond acceptors (Lipinski definition) is 5. The molecule has 0 radical (unpaired) electrons. The van der Waals surface area contributed by atoms with Gasteiger partial charge in [0.2, 0.25) is 5.91 Å². The van der Waals surface area contributed by atoms with Crippen molar-refractivity contribution in [3.8, 4) is 11.4 Å². The summed E-state index contributed by atoms with van der Waals surface area (Å²) in [5.41, 5.74) is 9.25. The van der Waals surface area contributed by atoms with Crippen LogP contribution in [-0.4, -0.2) is 41.9 Å². The van der Waals surface area contributed by atoms with Gasteiger partial charge in [-0.2, -0.15) is 0 Å². The summed E-state index contributed by atoms with van der Waals surface area (Å²) in [5, 5.41) is 2.71. The Kier molecular flexibility index (Phi) is 5.29. The van der Waals surface area contributed by atoms with Gasteiger partial charge in [0.1, 0.15) is 15.7 Å². The molecule has 0 aliphatic heterocycles. The van der Waals surface area contributed by atoms with Crippen molar-refractivity contribution in [1.29, 1.82) is 0 Å². The first kappa shape index (κ1) is 19.1. The molecule has 1 amide bonds. The molecule has 0 spiro atoms. The summed E-state index contributed by atoms with van der Waals surface area (Å²) in [6.45, 7) is 0. The number of aromatic nitrogens is 2. The van der Waals surface area contributed by atoms with E-state index in [0.29, 0.717) is 5.69 Å². The predicted octanol–water partition coefficient (Wildman–Crippen LogP) is 1.94. The SMILES string of the molecule is Cn1c(-c2ccc(NC(=O)C(N)CCS(C)(=O)=O)cc2)nc2ccccc21. The molecule has 0 aliphatic carbocycles. The second-order valence-corrected chi connectivity index (χ2v) is 8.83. The predicted molar refractivity (Wildman–Crippen MR) is 107 cm³/mol. The highest BCUT2D eigenvalue weighted by Gasteiger charge is 2.16. The fraction of sp³-hybridized carbons (Fsp3) is 0.263. The van der Waals surface area contributed by atoms with Crippen LogP contribution in [0.15, 0.2) is 48.5 Å². The number of imidazole rings is 1. The average Bonchev–Trinajstić information content (AvgIpc) is 2.97. The average molecular weight is 386 g/mol. The number of aryl methyl sites for hydroxylation is 1. The molecule has 0 fully saturated rings. The van der Waals surface area contributed by atoms with Gasteiger partial charge in [0, 0.05) is 24.6 Å². The molecular weight excluding hydrogens is 364 g/mol. The Morgan fingerprint density at radius 2 is 1.85 bits per heavy atom. The third-order valence-electron chi connectivity index (χ3n) is 4.33. The lowest BCUT2D eigenvalue weighted by Gasteiger charge is -2.12. The molecule has 27 heavy (non-hydrogen) atoms. The summed E-state index contributed by atoms with van der Waals surface area (Å²) in [7, 11) is -1.19. The van der Waals surface area contributed by atoms with Crippen LogP contribution in [0.5, 0.6) is 0 Å². The Morgan fingerprint density at radius 3 is 2.48 bits per heavy atom. The minimum atomic E-state index is -3.15. The molecule has 8 heteroatoms. The van der Waals surface area contributed by atoms with Gasteiger partial charge >= 0.3 is 0 Å². The van der Waals surface area contributed by atoms with Gasteiger partial charge in [0.05, 0.1) is 22.8 Å². The maximum Gasteiger partial charge on any atom is 0.241 e. The van der Waals surface area contributed by atoms with Crippen LogP contribution in [0.25, 0.3) is 22.4 Å². The molecule has 0 saturated carbocycles. The zero-order chi connectivity index (χ0) is 19.6. The first-order chi connectivity index (χ1) is 12.7. The normalized spacial score (nSPS) is 12.9. The van der Waals surface area contributed by atoms with Crippen molar-refractivity contribution >= 4 is 32.5 Å². The lowest BCUT2D eigenvalue weighted by molar-refractivity contribution is -0.117. The van der Waals surface area contributed by atoms with Crippen molar-refractivity contribution in [3.63, 3.8) is 0 Å². The quantitative estimate of drug-likeness (QED) is 0.673. The molecule has 0 bridgehead atoms. The number of hydrogen-bond donors (Lipinski definition) is 2. The number of nitrogens with zero attached hydrogens (tertiary/aromatic N) is 2. The topological polar surface area (TPSA) is 107 Å². The van der Waals surface area contributed by atoms with Crippen molar-refractivity contribution in [1.82, 2.24) is 9.55 Å². The van der Waals surface area contributed by atoms with E-state index in [1.54, 1.807) is 12.1 Å². The summed E-state index contributed by atoms with van der Waals surface area (Å²) in [4.78, 5) is 16.8. The standard InChI is InChI=1S/C19H22N4O3S/c1-23-17-6-4-3-5-16(17)22-18(23)13-7-9-14(10-8-13)21-19(24)15(20)11-12-27(2,25)26/h3-10,15H,11-12,20H2,1-2H3,(H,21,24). The van der Waals surface area contributed by atoms with Crippen molar-refractivity contribution in [2.24, 2.45) is 12.8 Å². The Hall–Kier alpha value is -2.71. The Bertz CT molecular complexity index is 1070. The number of fused-ring (bicyclic) bond motifs is 1. The van der Waals surface area contributed by atoms with Crippen LogP contribution in [0.2, 0.25) is 0 Å². The van der Waals surface area contributed by atoms with Gasteiger partial charge in [0.15, 0.2) is 0 Å². The van der Waals surface area contributed by atoms with E-state index in [2.05, 4.69) is 10.3 Å². The van der Waals surface area contributed by atoms with E-state index in [4.69, 9.17) is 5.73 Å². The Morgan fingerprint density at radius 1 is 1.19 bits per heavy atom. The summed E-state index contributed by atoms with van der Waals surface area (Å²) < 4.78 is 24.4. The van der Waals surface area contributed by atoms with E-state index in [1.165, 1.54) is 0 Å². The van der Waals surface area contributed by atoms with Crippen LogP contribution in [-0.2, 0) is 21.7 Å². The number of carbonyl (C=O) groups is 1. The molecule has 0 aliphatic rings. The van der Waals surface area contributed by atoms with Gasteiger partial charge in [0.25, 0.3) is 0 Å². The van der Waals surface area contributed by atoms with Crippen molar-refractivity contribution in [2.45, 2.75) is 12.5 Å². The maximum atomic E-state index is 12.1. The van der Waals surface area contributed by atoms with Crippen molar-refractivity contribution in [3.05, 3.63) is 48.5 Å². The summed E-state index contributed by atoms with van der Waals surface area (Å²) in [5.74, 6) is 0.306. The van der Waals surface area contributed by atoms with Crippen molar-refractivity contribution in [2.75, 3.05) is 17.3 Å². The minimum absolute atomic E-state index is 0.0859. The van der Waals surface area contributed by atoms with Gasteiger partial charge in [-0.25, -0.2) is 13.4 Å². The second kappa shape index (κ2) is 7.50. The molecule has 1 heterocycles. The van der Waals surface area contributed by atoms with Crippen LogP contribution in [0, 0.1) is 0 Å². The van der Waals surface area contributed by atoms with E-state index in [9.17, 15) is 13.2 Å². The summed E-state index contributed by atoms with van der Waals surface area (Å²) >= 11 is 0. The molecule has 3 aromatic rings. The van der Waals surface area contributed by atoms with Gasteiger partial charge < -0.3 is 15.6 Å². The van der Waals surface area contributed by atoms with E-state index in [-0.39, 0.29) is 12.2 Å². The molecule has 0 saturated heterocycles. The number of carbonyl (C=O) groups excluding carboxylic acids is 1. The first-order valence-corrected chi connectivity index (χ1v) is 10.6. The van der Waals surface area contributed by atoms with Crippen molar-refractivity contribution < 1.29 is 13.2 Å². The molecule has 1 unspecified atom stereocenters. The molecule has 2 aromatic carbocycles. The number of benzene rings is 2. The van der Waals surface area contributed by atoms with E-state index in [0.717, 1.165) is 28.7 Å². The molecule has 7 nitrogen and oxygen atoms in total. The van der Waals surface area contributed by atoms with E-state index < -0.39 is 21.8 Å². The van der Waals surface area contributed by atoms with Crippen LogP contribution in [0.4, 0.5) is 5.69 Å². The Labute approximate surface area is 158 Å². The third kappa shape index (κ3) is 4.53. The van der Waals surface area contributed by atoms with Crippen LogP contribution < -0.4 is 11.1 Å². The van der Waals surface area contributed by atoms with Crippen LogP contribution >= 0.6 is 0 Å². The van der Waals surface area contributed by atoms with Gasteiger partial charge in [-0.15, -0.1) is 0 Å². The van der Waals surface area contributed by atoms with Gasteiger partial charge in [-0.3, -0.25) is 4.79 Å². The first-order valence-electron chi connectivity index (χ1n) is 8.50. The fourth-order valence-electron chi connectivity index (χ4n) is 2.81. The number of rotatable bonds is 6. The van der Waals surface area contributed by atoms with Gasteiger partial charge in [-0.1, -0.05) is 12.1 Å². The number of nitrogens with one attached hydrogen (secondary N) is 1. The number of sulfone groups is 1. The largest absolute Gasteiger partial charge is 0.327 e. The monoisotopic (exact) mass is 386 g/mol. The minimum Gasteiger partial charge on any atom is -0.327 e. The summed E-state index contributed by atoms with van der Waals surface area (Å²) in [6, 6.07) is 14.3.